The van der Waals surface area contributed by atoms with Crippen molar-refractivity contribution in [2.45, 2.75) is 25.4 Å². The van der Waals surface area contributed by atoms with E-state index in [2.05, 4.69) is 10.6 Å². The van der Waals surface area contributed by atoms with Gasteiger partial charge in [0.25, 0.3) is 0 Å². The second kappa shape index (κ2) is 9.38. The molecule has 2 rings (SSSR count). The molecule has 0 aliphatic carbocycles. The van der Waals surface area contributed by atoms with Gasteiger partial charge in [-0.2, -0.15) is 13.2 Å². The third-order valence-corrected chi connectivity index (χ3v) is 3.94. The lowest BCUT2D eigenvalue weighted by molar-refractivity contribution is -0.138. The fourth-order valence-corrected chi connectivity index (χ4v) is 2.44. The van der Waals surface area contributed by atoms with E-state index >= 15 is 0 Å². The largest absolute Gasteiger partial charge is 0.489 e. The van der Waals surface area contributed by atoms with Crippen molar-refractivity contribution in [3.63, 3.8) is 0 Å². The van der Waals surface area contributed by atoms with E-state index in [-0.39, 0.29) is 24.7 Å². The highest BCUT2D eigenvalue weighted by atomic mass is 19.4. The normalized spacial score (nSPS) is 12.5. The summed E-state index contributed by atoms with van der Waals surface area (Å²) < 4.78 is 44.4. The number of aliphatic hydroxyl groups excluding tert-OH is 1. The second-order valence-corrected chi connectivity index (χ2v) is 5.82. The van der Waals surface area contributed by atoms with Gasteiger partial charge in [-0.3, -0.25) is 10.1 Å². The summed E-state index contributed by atoms with van der Waals surface area (Å²) in [4.78, 5) is 11.5. The number of nitrogens with one attached hydrogen (secondary N) is 2. The number of rotatable bonds is 8. The monoisotopic (exact) mass is 382 g/mol. The summed E-state index contributed by atoms with van der Waals surface area (Å²) in [7, 11) is 1.48. The van der Waals surface area contributed by atoms with Crippen molar-refractivity contribution >= 4 is 5.91 Å². The van der Waals surface area contributed by atoms with Crippen LogP contribution in [0.25, 0.3) is 0 Å². The first kappa shape index (κ1) is 20.7. The highest BCUT2D eigenvalue weighted by molar-refractivity contribution is 5.81. The van der Waals surface area contributed by atoms with Gasteiger partial charge in [0.2, 0.25) is 5.91 Å². The number of ether oxygens (including phenoxy) is 1. The highest BCUT2D eigenvalue weighted by Gasteiger charge is 2.32. The van der Waals surface area contributed by atoms with Crippen molar-refractivity contribution in [2.75, 3.05) is 13.7 Å². The van der Waals surface area contributed by atoms with E-state index in [0.717, 1.165) is 11.6 Å². The van der Waals surface area contributed by atoms with Gasteiger partial charge < -0.3 is 15.2 Å². The summed E-state index contributed by atoms with van der Waals surface area (Å²) in [6.45, 7) is -0.189. The first-order valence-electron chi connectivity index (χ1n) is 8.28. The average Bonchev–Trinajstić information content (AvgIpc) is 2.67. The number of carbonyl (C=O) groups is 1. The zero-order valence-electron chi connectivity index (χ0n) is 14.7. The molecule has 2 aromatic rings. The van der Waals surface area contributed by atoms with Gasteiger partial charge in [-0.05, 0) is 23.8 Å². The van der Waals surface area contributed by atoms with Gasteiger partial charge in [0.05, 0.1) is 12.2 Å². The molecular formula is C19H21F3N2O3. The van der Waals surface area contributed by atoms with E-state index in [1.54, 1.807) is 24.3 Å². The molecule has 0 bridgehead atoms. The standard InChI is InChI=1S/C19H21F3N2O3/c1-23-18(26)17(11-25)24-10-13-6-8-15(9-7-13)27-12-14-4-2-3-5-16(14)19(20,21)22/h2-9,17,24-25H,10-12H2,1H3,(H,23,26). The SMILES string of the molecule is CNC(=O)C(CO)NCc1ccc(OCc2ccccc2C(F)(F)F)cc1. The Morgan fingerprint density at radius 2 is 1.81 bits per heavy atom. The van der Waals surface area contributed by atoms with Crippen LogP contribution < -0.4 is 15.4 Å². The van der Waals surface area contributed by atoms with E-state index in [9.17, 15) is 23.1 Å². The Kier molecular flexibility index (Phi) is 7.20. The molecule has 0 spiro atoms. The lowest BCUT2D eigenvalue weighted by atomic mass is 10.1. The van der Waals surface area contributed by atoms with Gasteiger partial charge in [-0.1, -0.05) is 30.3 Å². The quantitative estimate of drug-likeness (QED) is 0.656. The molecule has 3 N–H and O–H groups in total. The van der Waals surface area contributed by atoms with Crippen LogP contribution in [0.15, 0.2) is 48.5 Å². The molecule has 1 unspecified atom stereocenters. The first-order valence-corrected chi connectivity index (χ1v) is 8.28. The molecule has 0 saturated carbocycles. The Hall–Kier alpha value is -2.58. The van der Waals surface area contributed by atoms with Crippen molar-refractivity contribution in [1.82, 2.24) is 10.6 Å². The minimum absolute atomic E-state index is 0.0621. The van der Waals surface area contributed by atoms with Crippen LogP contribution in [-0.2, 0) is 24.1 Å². The number of alkyl halides is 3. The predicted molar refractivity (Wildman–Crippen MR) is 94.0 cm³/mol. The van der Waals surface area contributed by atoms with Crippen LogP contribution in [0.1, 0.15) is 16.7 Å². The third-order valence-electron chi connectivity index (χ3n) is 3.94. The molecule has 27 heavy (non-hydrogen) atoms. The van der Waals surface area contributed by atoms with Crippen LogP contribution in [-0.4, -0.2) is 30.7 Å². The number of aliphatic hydroxyl groups is 1. The van der Waals surface area contributed by atoms with Crippen LogP contribution in [0.3, 0.4) is 0 Å². The van der Waals surface area contributed by atoms with Crippen molar-refractivity contribution in [1.29, 1.82) is 0 Å². The van der Waals surface area contributed by atoms with Gasteiger partial charge in [-0.15, -0.1) is 0 Å². The summed E-state index contributed by atoms with van der Waals surface area (Å²) in [5, 5.41) is 14.5. The number of amides is 1. The van der Waals surface area contributed by atoms with Gasteiger partial charge in [-0.25, -0.2) is 0 Å². The highest BCUT2D eigenvalue weighted by Crippen LogP contribution is 2.32. The maximum absolute atomic E-state index is 13.0. The summed E-state index contributed by atoms with van der Waals surface area (Å²) in [5.74, 6) is 0.113. The van der Waals surface area contributed by atoms with Gasteiger partial charge >= 0.3 is 6.18 Å². The minimum atomic E-state index is -4.43. The Labute approximate surface area is 155 Å². The lowest BCUT2D eigenvalue weighted by Gasteiger charge is -2.15. The number of carbonyl (C=O) groups excluding carboxylic acids is 1. The average molecular weight is 382 g/mol. The molecule has 0 aromatic heterocycles. The van der Waals surface area contributed by atoms with E-state index in [4.69, 9.17) is 4.74 Å². The number of hydrogen-bond donors (Lipinski definition) is 3. The van der Waals surface area contributed by atoms with Gasteiger partial charge in [0, 0.05) is 19.2 Å². The van der Waals surface area contributed by atoms with Crippen molar-refractivity contribution in [2.24, 2.45) is 0 Å². The minimum Gasteiger partial charge on any atom is -0.489 e. The summed E-state index contributed by atoms with van der Waals surface area (Å²) >= 11 is 0. The molecule has 0 radical (unpaired) electrons. The lowest BCUT2D eigenvalue weighted by Crippen LogP contribution is -2.44. The van der Waals surface area contributed by atoms with Crippen LogP contribution in [0.2, 0.25) is 0 Å². The maximum Gasteiger partial charge on any atom is 0.416 e. The van der Waals surface area contributed by atoms with Crippen molar-refractivity contribution < 1.29 is 27.8 Å². The predicted octanol–water partition coefficient (Wildman–Crippen LogP) is 2.48. The fraction of sp³-hybridized carbons (Fsp3) is 0.316. The number of halogens is 3. The topological polar surface area (TPSA) is 70.6 Å². The molecule has 1 atom stereocenters. The summed E-state index contributed by atoms with van der Waals surface area (Å²) in [6, 6.07) is 11.3. The Balaban J connectivity index is 1.94. The van der Waals surface area contributed by atoms with Crippen LogP contribution in [0.5, 0.6) is 5.75 Å². The van der Waals surface area contributed by atoms with E-state index in [0.29, 0.717) is 12.3 Å². The van der Waals surface area contributed by atoms with E-state index < -0.39 is 17.8 Å². The molecule has 0 fully saturated rings. The number of hydrogen-bond acceptors (Lipinski definition) is 4. The van der Waals surface area contributed by atoms with Crippen molar-refractivity contribution in [3.05, 3.63) is 65.2 Å². The smallest absolute Gasteiger partial charge is 0.416 e. The molecule has 2 aromatic carbocycles. The zero-order chi connectivity index (χ0) is 19.9. The molecule has 0 heterocycles. The zero-order valence-corrected chi connectivity index (χ0v) is 14.7. The third kappa shape index (κ3) is 5.97. The van der Waals surface area contributed by atoms with Gasteiger partial charge in [0.1, 0.15) is 18.4 Å². The van der Waals surface area contributed by atoms with Crippen LogP contribution in [0.4, 0.5) is 13.2 Å². The summed E-state index contributed by atoms with van der Waals surface area (Å²) in [6.07, 6.45) is -4.43. The molecule has 5 nitrogen and oxygen atoms in total. The second-order valence-electron chi connectivity index (χ2n) is 5.82. The maximum atomic E-state index is 13.0. The molecule has 0 saturated heterocycles. The fourth-order valence-electron chi connectivity index (χ4n) is 2.44. The number of likely N-dealkylation sites (N-methyl/N-ethyl adjacent to an activating group) is 1. The Bertz CT molecular complexity index is 749. The first-order chi connectivity index (χ1) is 12.8. The molecule has 146 valence electrons. The number of benzene rings is 2. The molecule has 0 aliphatic rings. The molecule has 0 aliphatic heterocycles. The van der Waals surface area contributed by atoms with Crippen LogP contribution in [0, 0.1) is 0 Å². The summed E-state index contributed by atoms with van der Waals surface area (Å²) in [5.41, 5.74) is 0.183. The molecular weight excluding hydrogens is 361 g/mol. The van der Waals surface area contributed by atoms with Crippen LogP contribution >= 0.6 is 0 Å². The van der Waals surface area contributed by atoms with Crippen molar-refractivity contribution in [3.8, 4) is 5.75 Å². The van der Waals surface area contributed by atoms with E-state index in [1.165, 1.54) is 25.2 Å². The van der Waals surface area contributed by atoms with E-state index in [1.807, 2.05) is 0 Å². The Morgan fingerprint density at radius 1 is 1.15 bits per heavy atom. The molecule has 1 amide bonds. The van der Waals surface area contributed by atoms with Gasteiger partial charge in [0.15, 0.2) is 0 Å². The molecule has 8 heteroatoms. The Morgan fingerprint density at radius 3 is 2.41 bits per heavy atom.